The molecule has 8 heteroatoms. The molecule has 2 fully saturated rings. The molecule has 4 rings (SSSR count). The number of aliphatic carboxylic acids is 1. The third kappa shape index (κ3) is 3.80. The van der Waals surface area contributed by atoms with Gasteiger partial charge in [-0.3, -0.25) is 19.2 Å². The van der Waals surface area contributed by atoms with E-state index in [1.165, 1.54) is 13.8 Å². The van der Waals surface area contributed by atoms with Crippen LogP contribution in [-0.4, -0.2) is 61.6 Å². The number of carbonyl (C=O) groups is 4. The molecule has 4 N–H and O–H groups in total. The van der Waals surface area contributed by atoms with Gasteiger partial charge in [0, 0.05) is 37.2 Å². The lowest BCUT2D eigenvalue weighted by molar-refractivity contribution is -0.148. The van der Waals surface area contributed by atoms with Crippen LogP contribution in [0.1, 0.15) is 93.4 Å². The number of Topliss-reactive ketones (excluding diaryl/α,β-unsaturated/α-hetero) is 3. The predicted octanol–water partition coefficient (Wildman–Crippen LogP) is 3.25. The number of aliphatic hydroxyl groups is 3. The Bertz CT molecular complexity index is 1120. The third-order valence-corrected chi connectivity index (χ3v) is 11.6. The van der Waals surface area contributed by atoms with E-state index < -0.39 is 63.1 Å². The molecule has 0 aromatic rings. The highest BCUT2D eigenvalue weighted by atomic mass is 16.4. The number of ketones is 3. The molecule has 4 aliphatic rings. The lowest BCUT2D eigenvalue weighted by Gasteiger charge is -2.62. The maximum Gasteiger partial charge on any atom is 0.306 e. The molecule has 0 saturated heterocycles. The van der Waals surface area contributed by atoms with Crippen molar-refractivity contribution in [3.8, 4) is 0 Å². The van der Waals surface area contributed by atoms with E-state index in [0.29, 0.717) is 30.4 Å². The highest BCUT2D eigenvalue weighted by Crippen LogP contribution is 2.71. The number of hydrogen-bond donors (Lipinski definition) is 4. The first-order chi connectivity index (χ1) is 17.2. The predicted molar refractivity (Wildman–Crippen MR) is 139 cm³/mol. The lowest BCUT2D eigenvalue weighted by atomic mass is 9.42. The van der Waals surface area contributed by atoms with E-state index in [4.69, 9.17) is 0 Å². The number of hydrogen-bond acceptors (Lipinski definition) is 7. The molecule has 0 aliphatic heterocycles. The summed E-state index contributed by atoms with van der Waals surface area (Å²) in [5, 5.41) is 43.2. The minimum atomic E-state index is -1.64. The molecule has 0 spiro atoms. The Kier molecular flexibility index (Phi) is 6.74. The summed E-state index contributed by atoms with van der Waals surface area (Å²) in [4.78, 5) is 52.0. The van der Waals surface area contributed by atoms with Crippen LogP contribution >= 0.6 is 0 Å². The Labute approximate surface area is 224 Å². The van der Waals surface area contributed by atoms with Crippen molar-refractivity contribution in [2.24, 2.45) is 39.4 Å². The van der Waals surface area contributed by atoms with Crippen LogP contribution in [0.25, 0.3) is 0 Å². The van der Waals surface area contributed by atoms with Gasteiger partial charge in [-0.25, -0.2) is 0 Å². The van der Waals surface area contributed by atoms with Crippen molar-refractivity contribution in [2.75, 3.05) is 0 Å². The molecule has 38 heavy (non-hydrogen) atoms. The Morgan fingerprint density at radius 2 is 1.71 bits per heavy atom. The molecule has 0 unspecified atom stereocenters. The fourth-order valence-electron chi connectivity index (χ4n) is 9.16. The van der Waals surface area contributed by atoms with Gasteiger partial charge in [0.25, 0.3) is 0 Å². The van der Waals surface area contributed by atoms with Crippen molar-refractivity contribution >= 4 is 23.3 Å². The van der Waals surface area contributed by atoms with Gasteiger partial charge in [0.05, 0.1) is 29.1 Å². The monoisotopic (exact) mass is 532 g/mol. The number of allylic oxidation sites excluding steroid dienone is 1. The zero-order valence-electron chi connectivity index (χ0n) is 23.8. The van der Waals surface area contributed by atoms with Crippen LogP contribution < -0.4 is 0 Å². The van der Waals surface area contributed by atoms with Crippen molar-refractivity contribution in [1.29, 1.82) is 0 Å². The third-order valence-electron chi connectivity index (χ3n) is 11.6. The van der Waals surface area contributed by atoms with Gasteiger partial charge in [0.1, 0.15) is 11.6 Å². The van der Waals surface area contributed by atoms with E-state index in [2.05, 4.69) is 0 Å². The molecule has 0 amide bonds. The van der Waals surface area contributed by atoms with Crippen LogP contribution in [0, 0.1) is 39.4 Å². The zero-order chi connectivity index (χ0) is 28.8. The largest absolute Gasteiger partial charge is 0.481 e. The van der Waals surface area contributed by atoms with Crippen LogP contribution in [-0.2, 0) is 19.2 Å². The molecule has 2 saturated carbocycles. The minimum Gasteiger partial charge on any atom is -0.481 e. The summed E-state index contributed by atoms with van der Waals surface area (Å²) < 4.78 is 0. The molecule has 0 radical (unpaired) electrons. The number of carboxylic acids is 1. The van der Waals surface area contributed by atoms with Crippen molar-refractivity contribution in [3.63, 3.8) is 0 Å². The van der Waals surface area contributed by atoms with Crippen LogP contribution in [0.3, 0.4) is 0 Å². The van der Waals surface area contributed by atoms with Crippen LogP contribution in [0.15, 0.2) is 11.1 Å². The van der Waals surface area contributed by atoms with Gasteiger partial charge in [-0.05, 0) is 60.8 Å². The first-order valence-corrected chi connectivity index (χ1v) is 13.9. The molecule has 0 aromatic carbocycles. The topological polar surface area (TPSA) is 149 Å². The molecule has 212 valence electrons. The van der Waals surface area contributed by atoms with Gasteiger partial charge in [0.15, 0.2) is 5.78 Å². The van der Waals surface area contributed by atoms with Crippen molar-refractivity contribution in [2.45, 2.75) is 111 Å². The molecule has 0 bridgehead atoms. The summed E-state index contributed by atoms with van der Waals surface area (Å²) in [6, 6.07) is 0. The molecular weight excluding hydrogens is 488 g/mol. The van der Waals surface area contributed by atoms with Gasteiger partial charge < -0.3 is 20.4 Å². The molecule has 4 aliphatic carbocycles. The second kappa shape index (κ2) is 8.80. The Morgan fingerprint density at radius 1 is 1.11 bits per heavy atom. The van der Waals surface area contributed by atoms with Gasteiger partial charge in [0.2, 0.25) is 0 Å². The zero-order valence-corrected chi connectivity index (χ0v) is 23.8. The molecule has 0 heterocycles. The van der Waals surface area contributed by atoms with Crippen molar-refractivity contribution < 1.29 is 39.6 Å². The first-order valence-electron chi connectivity index (χ1n) is 13.9. The second-order valence-corrected chi connectivity index (χ2v) is 14.2. The SMILES string of the molecule is C[C@@H](CC(=O)C[C@@](C)(O)[C@H]1CC(=O)[C@@]2(C)C3=C(C(=O)C[C@@]12C)[C@]1(C)CC[C@H](O)C(C)(C)[C@@H]1C[C@@H]3O)C(=O)O. The van der Waals surface area contributed by atoms with Crippen molar-refractivity contribution in [1.82, 2.24) is 0 Å². The van der Waals surface area contributed by atoms with Gasteiger partial charge in [-0.15, -0.1) is 0 Å². The van der Waals surface area contributed by atoms with E-state index in [9.17, 15) is 39.6 Å². The second-order valence-electron chi connectivity index (χ2n) is 14.2. The fraction of sp³-hybridized carbons (Fsp3) is 0.800. The Hall–Kier alpha value is -1.90. The maximum atomic E-state index is 14.1. The highest BCUT2D eigenvalue weighted by molar-refractivity contribution is 6.05. The summed E-state index contributed by atoms with van der Waals surface area (Å²) in [6.45, 7) is 12.5. The fourth-order valence-corrected chi connectivity index (χ4v) is 9.16. The van der Waals surface area contributed by atoms with Crippen LogP contribution in [0.2, 0.25) is 0 Å². The summed E-state index contributed by atoms with van der Waals surface area (Å²) in [5.74, 6) is -3.56. The average Bonchev–Trinajstić information content (AvgIpc) is 2.99. The number of rotatable bonds is 6. The number of aliphatic hydroxyl groups excluding tert-OH is 2. The first kappa shape index (κ1) is 29.1. The number of carboxylic acid groups (broad SMARTS) is 1. The Morgan fingerprint density at radius 3 is 2.29 bits per heavy atom. The van der Waals surface area contributed by atoms with E-state index in [1.807, 2.05) is 27.7 Å². The van der Waals surface area contributed by atoms with E-state index in [-0.39, 0.29) is 43.2 Å². The summed E-state index contributed by atoms with van der Waals surface area (Å²) in [7, 11) is 0. The normalized spacial score (nSPS) is 42.6. The van der Waals surface area contributed by atoms with E-state index in [1.54, 1.807) is 6.92 Å². The van der Waals surface area contributed by atoms with Crippen LogP contribution in [0.4, 0.5) is 0 Å². The number of carbonyl (C=O) groups excluding carboxylic acids is 3. The highest BCUT2D eigenvalue weighted by Gasteiger charge is 2.71. The van der Waals surface area contributed by atoms with Gasteiger partial charge in [-0.1, -0.05) is 34.6 Å². The summed E-state index contributed by atoms with van der Waals surface area (Å²) in [6.07, 6.45) is -0.727. The van der Waals surface area contributed by atoms with Gasteiger partial charge in [-0.2, -0.15) is 0 Å². The smallest absolute Gasteiger partial charge is 0.306 e. The maximum absolute atomic E-state index is 14.1. The molecule has 0 aromatic heterocycles. The summed E-state index contributed by atoms with van der Waals surface area (Å²) >= 11 is 0. The van der Waals surface area contributed by atoms with Crippen molar-refractivity contribution in [3.05, 3.63) is 11.1 Å². The Balaban J connectivity index is 1.78. The van der Waals surface area contributed by atoms with E-state index in [0.717, 1.165) is 0 Å². The summed E-state index contributed by atoms with van der Waals surface area (Å²) in [5.41, 5.74) is -3.99. The van der Waals surface area contributed by atoms with E-state index >= 15 is 0 Å². The molecule has 8 nitrogen and oxygen atoms in total. The van der Waals surface area contributed by atoms with Gasteiger partial charge >= 0.3 is 5.97 Å². The average molecular weight is 533 g/mol. The molecule has 9 atom stereocenters. The quantitative estimate of drug-likeness (QED) is 0.407. The minimum absolute atomic E-state index is 0.00657. The van der Waals surface area contributed by atoms with Crippen LogP contribution in [0.5, 0.6) is 0 Å². The standard InChI is InChI=1S/C30H44O8/c1-15(25(36)37)10-16(31)13-29(6,38)20-12-22(35)30(7)24-17(32)11-19-26(2,3)21(34)8-9-27(19,4)23(24)18(33)14-28(20,30)5/h15,17,19-21,32,34,38H,8-14H2,1-7H3,(H,36,37)/t15-,17-,19-,20-,21-,27+,28-,29+,30-/m0/s1. The molecular formula is C30H44O8. The number of fused-ring (bicyclic) bond motifs is 4. The lowest BCUT2D eigenvalue weighted by Crippen LogP contribution is -2.61.